The molecule has 1 aromatic heterocycles. The number of aryl methyl sites for hydroxylation is 1. The van der Waals surface area contributed by atoms with Crippen molar-refractivity contribution in [3.05, 3.63) is 77.2 Å². The molecule has 0 saturated carbocycles. The van der Waals surface area contributed by atoms with Crippen LogP contribution in [0.15, 0.2) is 54.7 Å². The molecule has 1 fully saturated rings. The smallest absolute Gasteiger partial charge is 0.326 e. The minimum atomic E-state index is -0.753. The van der Waals surface area contributed by atoms with Crippen LogP contribution in [-0.2, 0) is 17.8 Å². The number of hydrogen-bond acceptors (Lipinski definition) is 5. The highest BCUT2D eigenvalue weighted by molar-refractivity contribution is 5.80. The molecule has 0 aliphatic carbocycles. The van der Waals surface area contributed by atoms with Gasteiger partial charge in [-0.05, 0) is 84.7 Å². The van der Waals surface area contributed by atoms with Crippen molar-refractivity contribution < 1.29 is 14.3 Å². The summed E-state index contributed by atoms with van der Waals surface area (Å²) in [6, 6.07) is 15.1. The summed E-state index contributed by atoms with van der Waals surface area (Å²) in [5, 5.41) is 9.66. The highest BCUT2D eigenvalue weighted by atomic mass is 19.1. The average molecular weight is 531 g/mol. The number of piperazine rings is 1. The van der Waals surface area contributed by atoms with E-state index in [2.05, 4.69) is 48.8 Å². The zero-order valence-electron chi connectivity index (χ0n) is 23.4. The monoisotopic (exact) mass is 530 g/mol. The van der Waals surface area contributed by atoms with E-state index in [0.717, 1.165) is 61.7 Å². The van der Waals surface area contributed by atoms with Gasteiger partial charge < -0.3 is 14.9 Å². The number of likely N-dealkylation sites (N-methyl/N-ethyl adjacent to an activating group) is 1. The van der Waals surface area contributed by atoms with Crippen LogP contribution in [0.4, 0.5) is 15.9 Å². The Morgan fingerprint density at radius 2 is 1.95 bits per heavy atom. The van der Waals surface area contributed by atoms with Crippen molar-refractivity contribution >= 4 is 17.5 Å². The lowest BCUT2D eigenvalue weighted by molar-refractivity contribution is -0.138. The molecule has 3 aromatic rings. The van der Waals surface area contributed by atoms with Gasteiger partial charge in [-0.3, -0.25) is 4.90 Å². The van der Waals surface area contributed by atoms with Crippen molar-refractivity contribution in [3.8, 4) is 11.1 Å². The Balaban J connectivity index is 1.32. The predicted octanol–water partition coefficient (Wildman–Crippen LogP) is 5.77. The van der Waals surface area contributed by atoms with Crippen LogP contribution in [0.3, 0.4) is 0 Å². The van der Waals surface area contributed by atoms with Gasteiger partial charge in [0.05, 0.1) is 0 Å². The molecular weight excluding hydrogens is 491 g/mol. The molecule has 1 saturated heterocycles. The largest absolute Gasteiger partial charge is 0.480 e. The number of rotatable bonds is 7. The van der Waals surface area contributed by atoms with E-state index >= 15 is 0 Å². The first-order valence-electron chi connectivity index (χ1n) is 14.0. The molecule has 6 nitrogen and oxygen atoms in total. The number of nitrogens with zero attached hydrogens (tertiary/aromatic N) is 4. The SMILES string of the molecule is Cc1cc(CN2CCN(c3ccc(-c4cccc(F)c4)cn3)[C@H](CC(C)C)C2)cc2c1CCC(C(=O)O)N2C. The Bertz CT molecular complexity index is 1330. The summed E-state index contributed by atoms with van der Waals surface area (Å²) in [7, 11) is 1.91. The minimum Gasteiger partial charge on any atom is -0.480 e. The molecule has 2 aromatic carbocycles. The quantitative estimate of drug-likeness (QED) is 0.419. The molecule has 0 spiro atoms. The number of anilines is 2. The number of halogens is 1. The number of fused-ring (bicyclic) bond motifs is 1. The van der Waals surface area contributed by atoms with E-state index in [1.165, 1.54) is 22.8 Å². The highest BCUT2D eigenvalue weighted by Gasteiger charge is 2.31. The van der Waals surface area contributed by atoms with Crippen molar-refractivity contribution in [1.82, 2.24) is 9.88 Å². The van der Waals surface area contributed by atoms with Crippen molar-refractivity contribution in [2.24, 2.45) is 5.92 Å². The molecule has 39 heavy (non-hydrogen) atoms. The van der Waals surface area contributed by atoms with Crippen LogP contribution >= 0.6 is 0 Å². The second-order valence-electron chi connectivity index (χ2n) is 11.5. The summed E-state index contributed by atoms with van der Waals surface area (Å²) in [6.45, 7) is 10.3. The number of carboxylic acids is 1. The first-order chi connectivity index (χ1) is 18.7. The summed E-state index contributed by atoms with van der Waals surface area (Å²) in [5.74, 6) is 0.520. The lowest BCUT2D eigenvalue weighted by Crippen LogP contribution is -2.53. The zero-order valence-corrected chi connectivity index (χ0v) is 23.4. The first-order valence-corrected chi connectivity index (χ1v) is 14.0. The summed E-state index contributed by atoms with van der Waals surface area (Å²) < 4.78 is 13.7. The molecule has 2 aliphatic heterocycles. The summed E-state index contributed by atoms with van der Waals surface area (Å²) in [4.78, 5) is 23.4. The van der Waals surface area contributed by atoms with Gasteiger partial charge in [-0.25, -0.2) is 14.2 Å². The van der Waals surface area contributed by atoms with Gasteiger partial charge in [0.25, 0.3) is 0 Å². The highest BCUT2D eigenvalue weighted by Crippen LogP contribution is 2.34. The Morgan fingerprint density at radius 3 is 2.64 bits per heavy atom. The number of carboxylic acid groups (broad SMARTS) is 1. The van der Waals surface area contributed by atoms with Gasteiger partial charge in [-0.1, -0.05) is 32.0 Å². The Kier molecular flexibility index (Phi) is 7.89. The van der Waals surface area contributed by atoms with Crippen molar-refractivity contribution in [1.29, 1.82) is 0 Å². The molecule has 206 valence electrons. The predicted molar refractivity (Wildman–Crippen MR) is 155 cm³/mol. The van der Waals surface area contributed by atoms with Gasteiger partial charge in [-0.15, -0.1) is 0 Å². The molecule has 0 radical (unpaired) electrons. The molecule has 2 aliphatic rings. The fraction of sp³-hybridized carbons (Fsp3) is 0.438. The number of carbonyl (C=O) groups is 1. The van der Waals surface area contributed by atoms with Crippen LogP contribution in [0.5, 0.6) is 0 Å². The third kappa shape index (κ3) is 5.93. The van der Waals surface area contributed by atoms with Crippen LogP contribution < -0.4 is 9.80 Å². The Labute approximate surface area is 231 Å². The standard InChI is InChI=1S/C32H39FN4O2/c1-21(2)14-27-20-36(19-23-15-22(3)28-9-10-29(32(38)39)35(4)30(28)16-23)12-13-37(27)31-11-8-25(18-34-31)24-6-5-7-26(33)17-24/h5-8,11,15-18,21,27,29H,9-10,12-14,19-20H2,1-4H3,(H,38,39)/t27-,29?/m1/s1. The maximum absolute atomic E-state index is 13.7. The van der Waals surface area contributed by atoms with Crippen molar-refractivity contribution in [3.63, 3.8) is 0 Å². The molecule has 0 bridgehead atoms. The Morgan fingerprint density at radius 1 is 1.13 bits per heavy atom. The normalized spacial score (nSPS) is 19.8. The summed E-state index contributed by atoms with van der Waals surface area (Å²) >= 11 is 0. The molecule has 1 N–H and O–H groups in total. The second-order valence-corrected chi connectivity index (χ2v) is 11.5. The van der Waals surface area contributed by atoms with E-state index in [0.29, 0.717) is 18.4 Å². The molecule has 0 amide bonds. The summed E-state index contributed by atoms with van der Waals surface area (Å²) in [6.07, 6.45) is 4.37. The van der Waals surface area contributed by atoms with E-state index in [1.54, 1.807) is 12.1 Å². The van der Waals surface area contributed by atoms with Gasteiger partial charge in [0.2, 0.25) is 0 Å². The van der Waals surface area contributed by atoms with Gasteiger partial charge in [-0.2, -0.15) is 0 Å². The molecule has 7 heteroatoms. The molecule has 5 rings (SSSR count). The maximum atomic E-state index is 13.7. The van der Waals surface area contributed by atoms with E-state index in [1.807, 2.05) is 30.3 Å². The van der Waals surface area contributed by atoms with Gasteiger partial charge in [0.1, 0.15) is 17.7 Å². The topological polar surface area (TPSA) is 59.9 Å². The van der Waals surface area contributed by atoms with Crippen LogP contribution in [0.1, 0.15) is 43.4 Å². The van der Waals surface area contributed by atoms with Crippen LogP contribution in [0, 0.1) is 18.7 Å². The fourth-order valence-electron chi connectivity index (χ4n) is 6.30. The second kappa shape index (κ2) is 11.3. The lowest BCUT2D eigenvalue weighted by atomic mass is 9.91. The van der Waals surface area contributed by atoms with Crippen LogP contribution in [-0.4, -0.2) is 59.7 Å². The third-order valence-electron chi connectivity index (χ3n) is 8.23. The number of pyridine rings is 1. The van der Waals surface area contributed by atoms with Gasteiger partial charge in [0, 0.05) is 56.7 Å². The number of hydrogen-bond donors (Lipinski definition) is 1. The number of aliphatic carboxylic acids is 1. The minimum absolute atomic E-state index is 0.243. The molecule has 2 atom stereocenters. The molecular formula is C32H39FN4O2. The Hall–Kier alpha value is -3.45. The number of aromatic nitrogens is 1. The average Bonchev–Trinajstić information content (AvgIpc) is 2.89. The number of benzene rings is 2. The van der Waals surface area contributed by atoms with E-state index in [9.17, 15) is 14.3 Å². The van der Waals surface area contributed by atoms with Gasteiger partial charge in [0.15, 0.2) is 0 Å². The third-order valence-corrected chi connectivity index (χ3v) is 8.23. The zero-order chi connectivity index (χ0) is 27.7. The van der Waals surface area contributed by atoms with E-state index < -0.39 is 12.0 Å². The summed E-state index contributed by atoms with van der Waals surface area (Å²) in [5.41, 5.74) is 6.56. The van der Waals surface area contributed by atoms with Crippen molar-refractivity contribution in [2.45, 2.75) is 58.7 Å². The van der Waals surface area contributed by atoms with Gasteiger partial charge >= 0.3 is 5.97 Å². The fourth-order valence-corrected chi connectivity index (χ4v) is 6.30. The molecule has 1 unspecified atom stereocenters. The lowest BCUT2D eigenvalue weighted by Gasteiger charge is -2.43. The van der Waals surface area contributed by atoms with E-state index in [-0.39, 0.29) is 5.82 Å². The first kappa shape index (κ1) is 27.1. The molecule has 3 heterocycles. The van der Waals surface area contributed by atoms with Crippen LogP contribution in [0.2, 0.25) is 0 Å². The maximum Gasteiger partial charge on any atom is 0.326 e. The van der Waals surface area contributed by atoms with Crippen molar-refractivity contribution in [2.75, 3.05) is 36.5 Å². The van der Waals surface area contributed by atoms with E-state index in [4.69, 9.17) is 4.98 Å². The van der Waals surface area contributed by atoms with Crippen LogP contribution in [0.25, 0.3) is 11.1 Å².